The van der Waals surface area contributed by atoms with E-state index in [-0.39, 0.29) is 0 Å². The van der Waals surface area contributed by atoms with Gasteiger partial charge in [0, 0.05) is 18.1 Å². The van der Waals surface area contributed by atoms with Crippen LogP contribution in [0.1, 0.15) is 23.6 Å². The lowest BCUT2D eigenvalue weighted by atomic mass is 10.3. The van der Waals surface area contributed by atoms with Crippen LogP contribution in [-0.4, -0.2) is 26.0 Å². The Balaban J connectivity index is 1.97. The van der Waals surface area contributed by atoms with Crippen molar-refractivity contribution in [2.24, 2.45) is 0 Å². The Bertz CT molecular complexity index is 451. The lowest BCUT2D eigenvalue weighted by Crippen LogP contribution is -1.98. The molecule has 0 spiro atoms. The summed E-state index contributed by atoms with van der Waals surface area (Å²) in [7, 11) is 0. The maximum atomic E-state index is 5.61. The van der Waals surface area contributed by atoms with E-state index < -0.39 is 0 Å². The molecule has 2 aromatic heterocycles. The second-order valence-electron chi connectivity index (χ2n) is 3.63. The van der Waals surface area contributed by atoms with Crippen LogP contribution < -0.4 is 0 Å². The predicted molar refractivity (Wildman–Crippen MR) is 59.4 cm³/mol. The average Bonchev–Trinajstić information content (AvgIpc) is 2.86. The highest BCUT2D eigenvalue weighted by Gasteiger charge is 2.04. The molecule has 5 nitrogen and oxygen atoms in total. The fourth-order valence-corrected chi connectivity index (χ4v) is 1.56. The summed E-state index contributed by atoms with van der Waals surface area (Å²) in [6.07, 6.45) is 3.69. The molecule has 0 atom stereocenters. The van der Waals surface area contributed by atoms with Gasteiger partial charge in [0.25, 0.3) is 0 Å². The van der Waals surface area contributed by atoms with Crippen molar-refractivity contribution in [2.75, 3.05) is 5.88 Å². The summed E-state index contributed by atoms with van der Waals surface area (Å²) in [5, 5.41) is 11.9. The molecule has 16 heavy (non-hydrogen) atoms. The molecule has 6 heteroatoms. The Hall–Kier alpha value is -1.36. The van der Waals surface area contributed by atoms with Gasteiger partial charge >= 0.3 is 0 Å². The van der Waals surface area contributed by atoms with E-state index in [1.54, 1.807) is 4.68 Å². The van der Waals surface area contributed by atoms with Crippen molar-refractivity contribution < 1.29 is 4.52 Å². The molecule has 0 saturated heterocycles. The highest BCUT2D eigenvalue weighted by atomic mass is 35.5. The van der Waals surface area contributed by atoms with E-state index in [1.165, 1.54) is 0 Å². The molecular formula is C10H13ClN4O. The number of aromatic nitrogens is 4. The predicted octanol–water partition coefficient (Wildman–Crippen LogP) is 1.79. The SMILES string of the molecule is Cc1cc(Cn2cc(CCCCl)nn2)on1. The lowest BCUT2D eigenvalue weighted by Gasteiger charge is -1.93. The second-order valence-corrected chi connectivity index (χ2v) is 4.01. The third-order valence-electron chi connectivity index (χ3n) is 2.15. The fourth-order valence-electron chi connectivity index (χ4n) is 1.43. The number of nitrogens with zero attached hydrogens (tertiary/aromatic N) is 4. The molecule has 0 unspecified atom stereocenters. The van der Waals surface area contributed by atoms with Crippen LogP contribution in [0.5, 0.6) is 0 Å². The van der Waals surface area contributed by atoms with E-state index in [4.69, 9.17) is 16.1 Å². The van der Waals surface area contributed by atoms with Gasteiger partial charge in [0.05, 0.1) is 11.4 Å². The molecule has 0 aromatic carbocycles. The topological polar surface area (TPSA) is 56.7 Å². The number of rotatable bonds is 5. The number of halogens is 1. The maximum Gasteiger partial charge on any atom is 0.158 e. The molecular weight excluding hydrogens is 228 g/mol. The Morgan fingerprint density at radius 3 is 3.06 bits per heavy atom. The Labute approximate surface area is 98.4 Å². The van der Waals surface area contributed by atoms with Crippen molar-refractivity contribution >= 4 is 11.6 Å². The van der Waals surface area contributed by atoms with Crippen LogP contribution in [0.4, 0.5) is 0 Å². The van der Waals surface area contributed by atoms with Crippen LogP contribution in [0.25, 0.3) is 0 Å². The summed E-state index contributed by atoms with van der Waals surface area (Å²) in [6, 6.07) is 1.89. The first-order chi connectivity index (χ1) is 7.78. The molecule has 0 aliphatic heterocycles. The van der Waals surface area contributed by atoms with Gasteiger partial charge in [0.15, 0.2) is 5.76 Å². The quantitative estimate of drug-likeness (QED) is 0.748. The molecule has 2 heterocycles. The van der Waals surface area contributed by atoms with Gasteiger partial charge in [-0.3, -0.25) is 0 Å². The zero-order valence-electron chi connectivity index (χ0n) is 9.06. The van der Waals surface area contributed by atoms with Crippen molar-refractivity contribution in [2.45, 2.75) is 26.3 Å². The van der Waals surface area contributed by atoms with Crippen LogP contribution >= 0.6 is 11.6 Å². The van der Waals surface area contributed by atoms with E-state index in [1.807, 2.05) is 19.2 Å². The zero-order valence-corrected chi connectivity index (χ0v) is 9.81. The smallest absolute Gasteiger partial charge is 0.158 e. The van der Waals surface area contributed by atoms with Crippen LogP contribution in [0.2, 0.25) is 0 Å². The van der Waals surface area contributed by atoms with Crippen LogP contribution in [-0.2, 0) is 13.0 Å². The third kappa shape index (κ3) is 2.82. The van der Waals surface area contributed by atoms with Crippen molar-refractivity contribution in [3.05, 3.63) is 29.4 Å². The van der Waals surface area contributed by atoms with E-state index in [0.29, 0.717) is 12.4 Å². The molecule has 86 valence electrons. The molecule has 0 fully saturated rings. The fraction of sp³-hybridized carbons (Fsp3) is 0.500. The summed E-state index contributed by atoms with van der Waals surface area (Å²) >= 11 is 5.61. The van der Waals surface area contributed by atoms with E-state index in [9.17, 15) is 0 Å². The van der Waals surface area contributed by atoms with Gasteiger partial charge < -0.3 is 4.52 Å². The Kier molecular flexibility index (Phi) is 3.56. The Morgan fingerprint density at radius 1 is 1.50 bits per heavy atom. The number of hydrogen-bond donors (Lipinski definition) is 0. The highest BCUT2D eigenvalue weighted by molar-refractivity contribution is 6.17. The summed E-state index contributed by atoms with van der Waals surface area (Å²) in [4.78, 5) is 0. The Morgan fingerprint density at radius 2 is 2.38 bits per heavy atom. The first-order valence-electron chi connectivity index (χ1n) is 5.15. The van der Waals surface area contributed by atoms with E-state index in [0.717, 1.165) is 30.0 Å². The molecule has 0 saturated carbocycles. The van der Waals surface area contributed by atoms with Gasteiger partial charge in [-0.25, -0.2) is 4.68 Å². The van der Waals surface area contributed by atoms with Crippen LogP contribution in [0.15, 0.2) is 16.8 Å². The van der Waals surface area contributed by atoms with E-state index >= 15 is 0 Å². The van der Waals surface area contributed by atoms with Crippen molar-refractivity contribution in [1.82, 2.24) is 20.2 Å². The van der Waals surface area contributed by atoms with Gasteiger partial charge in [-0.2, -0.15) is 0 Å². The molecule has 0 bridgehead atoms. The van der Waals surface area contributed by atoms with E-state index in [2.05, 4.69) is 15.5 Å². The summed E-state index contributed by atoms with van der Waals surface area (Å²) in [5.74, 6) is 1.43. The highest BCUT2D eigenvalue weighted by Crippen LogP contribution is 2.05. The van der Waals surface area contributed by atoms with Crippen LogP contribution in [0.3, 0.4) is 0 Å². The van der Waals surface area contributed by atoms with Crippen molar-refractivity contribution in [3.63, 3.8) is 0 Å². The normalized spacial score (nSPS) is 10.9. The number of alkyl halides is 1. The average molecular weight is 241 g/mol. The molecule has 0 aliphatic carbocycles. The minimum absolute atomic E-state index is 0.564. The number of hydrogen-bond acceptors (Lipinski definition) is 4. The monoisotopic (exact) mass is 240 g/mol. The van der Waals surface area contributed by atoms with Gasteiger partial charge in [-0.15, -0.1) is 16.7 Å². The molecule has 0 N–H and O–H groups in total. The standard InChI is InChI=1S/C10H13ClN4O/c1-8-5-10(16-13-8)7-15-6-9(12-14-15)3-2-4-11/h5-6H,2-4,7H2,1H3. The molecule has 0 aliphatic rings. The van der Waals surface area contributed by atoms with Crippen LogP contribution in [0, 0.1) is 6.92 Å². The molecule has 2 rings (SSSR count). The first kappa shape index (κ1) is 11.1. The molecule has 0 radical (unpaired) electrons. The van der Waals surface area contributed by atoms with Crippen molar-refractivity contribution in [1.29, 1.82) is 0 Å². The molecule has 2 aromatic rings. The van der Waals surface area contributed by atoms with Gasteiger partial charge in [-0.1, -0.05) is 10.4 Å². The minimum atomic E-state index is 0.564. The summed E-state index contributed by atoms with van der Waals surface area (Å²) in [5.41, 5.74) is 1.83. The summed E-state index contributed by atoms with van der Waals surface area (Å²) < 4.78 is 6.84. The largest absolute Gasteiger partial charge is 0.359 e. The summed E-state index contributed by atoms with van der Waals surface area (Å²) in [6.45, 7) is 2.45. The first-order valence-corrected chi connectivity index (χ1v) is 5.68. The second kappa shape index (κ2) is 5.12. The minimum Gasteiger partial charge on any atom is -0.359 e. The van der Waals surface area contributed by atoms with Gasteiger partial charge in [-0.05, 0) is 19.8 Å². The lowest BCUT2D eigenvalue weighted by molar-refractivity contribution is 0.367. The van der Waals surface area contributed by atoms with Crippen molar-refractivity contribution in [3.8, 4) is 0 Å². The molecule has 0 amide bonds. The van der Waals surface area contributed by atoms with Gasteiger partial charge in [0.2, 0.25) is 0 Å². The number of aryl methyl sites for hydroxylation is 2. The zero-order chi connectivity index (χ0) is 11.4. The van der Waals surface area contributed by atoms with Gasteiger partial charge in [0.1, 0.15) is 6.54 Å². The third-order valence-corrected chi connectivity index (χ3v) is 2.41. The maximum absolute atomic E-state index is 5.61.